The molecule has 0 amide bonds. The number of hydrogen-bond acceptors (Lipinski definition) is 9. The molecule has 4 aromatic rings. The van der Waals surface area contributed by atoms with E-state index in [9.17, 15) is 13.2 Å². The average Bonchev–Trinajstić information content (AvgIpc) is 3.54. The first kappa shape index (κ1) is 21.1. The number of thiophene rings is 1. The van der Waals surface area contributed by atoms with Gasteiger partial charge in [0.2, 0.25) is 5.95 Å². The number of hydrogen-bond donors (Lipinski definition) is 0. The third-order valence-corrected chi connectivity index (χ3v) is 7.29. The minimum atomic E-state index is -4.77. The molecule has 3 aromatic heterocycles. The molecular weight excluding hydrogens is 469 g/mol. The van der Waals surface area contributed by atoms with Crippen molar-refractivity contribution in [3.05, 3.63) is 41.0 Å². The van der Waals surface area contributed by atoms with Gasteiger partial charge in [-0.1, -0.05) is 11.2 Å². The van der Waals surface area contributed by atoms with Crippen LogP contribution in [0.4, 0.5) is 24.9 Å². The van der Waals surface area contributed by atoms with Crippen molar-refractivity contribution in [2.24, 2.45) is 0 Å². The molecule has 2 aliphatic rings. The minimum Gasteiger partial charge on any atom is -0.406 e. The second-order valence-corrected chi connectivity index (χ2v) is 9.23. The Hall–Kier alpha value is -3.48. The van der Waals surface area contributed by atoms with E-state index in [2.05, 4.69) is 35.1 Å². The van der Waals surface area contributed by atoms with E-state index in [0.717, 1.165) is 23.5 Å². The van der Waals surface area contributed by atoms with Gasteiger partial charge < -0.3 is 14.5 Å². The number of rotatable bonds is 4. The first-order valence-corrected chi connectivity index (χ1v) is 11.7. The SMILES string of the molecule is FC(F)(F)Oc1cccc(-n2nnnc2N2CCN(c3ncnc4sc5c(c34)CCC5)CC2)c1. The van der Waals surface area contributed by atoms with Gasteiger partial charge in [-0.25, -0.2) is 9.97 Å². The van der Waals surface area contributed by atoms with Gasteiger partial charge in [-0.2, -0.15) is 4.68 Å². The van der Waals surface area contributed by atoms with Crippen molar-refractivity contribution in [1.29, 1.82) is 0 Å². The van der Waals surface area contributed by atoms with E-state index in [4.69, 9.17) is 0 Å². The molecule has 1 aromatic carbocycles. The molecule has 34 heavy (non-hydrogen) atoms. The molecule has 0 saturated carbocycles. The summed E-state index contributed by atoms with van der Waals surface area (Å²) >= 11 is 1.77. The summed E-state index contributed by atoms with van der Waals surface area (Å²) in [5, 5.41) is 13.1. The molecule has 176 valence electrons. The van der Waals surface area contributed by atoms with Crippen LogP contribution in [0.3, 0.4) is 0 Å². The summed E-state index contributed by atoms with van der Waals surface area (Å²) < 4.78 is 43.3. The van der Waals surface area contributed by atoms with E-state index in [1.807, 2.05) is 4.90 Å². The maximum Gasteiger partial charge on any atom is 0.573 e. The number of anilines is 2. The Morgan fingerprint density at radius 2 is 1.82 bits per heavy atom. The molecule has 0 bridgehead atoms. The van der Waals surface area contributed by atoms with Gasteiger partial charge in [-0.15, -0.1) is 24.5 Å². The van der Waals surface area contributed by atoms with Crippen molar-refractivity contribution in [2.75, 3.05) is 36.0 Å². The van der Waals surface area contributed by atoms with Gasteiger partial charge in [-0.3, -0.25) is 0 Å². The largest absolute Gasteiger partial charge is 0.573 e. The number of nitrogens with zero attached hydrogens (tertiary/aromatic N) is 8. The Morgan fingerprint density at radius 3 is 2.65 bits per heavy atom. The molecule has 0 spiro atoms. The standard InChI is InChI=1S/C21H19F3N8OS/c22-21(23,24)33-14-4-1-3-13(11-14)32-20(27-28-29-32)31-9-7-30(8-10-31)18-17-15-5-2-6-16(15)34-19(17)26-12-25-18/h1,3-4,11-12H,2,5-10H2. The highest BCUT2D eigenvalue weighted by Gasteiger charge is 2.31. The number of benzene rings is 1. The Bertz CT molecular complexity index is 1350. The van der Waals surface area contributed by atoms with Crippen molar-refractivity contribution in [2.45, 2.75) is 25.6 Å². The van der Waals surface area contributed by atoms with Gasteiger partial charge in [-0.05, 0) is 47.4 Å². The summed E-state index contributed by atoms with van der Waals surface area (Å²) in [7, 11) is 0. The van der Waals surface area contributed by atoms with Crippen LogP contribution in [-0.4, -0.2) is 62.7 Å². The number of halogens is 3. The number of aryl methyl sites for hydroxylation is 2. The molecular formula is C21H19F3N8OS. The molecule has 1 fully saturated rings. The predicted octanol–water partition coefficient (Wildman–Crippen LogP) is 3.38. The highest BCUT2D eigenvalue weighted by molar-refractivity contribution is 7.19. The molecule has 0 unspecified atom stereocenters. The Kier molecular flexibility index (Phi) is 5.01. The zero-order valence-corrected chi connectivity index (χ0v) is 18.7. The van der Waals surface area contributed by atoms with Crippen molar-refractivity contribution in [3.8, 4) is 11.4 Å². The monoisotopic (exact) mass is 488 g/mol. The molecule has 1 saturated heterocycles. The Balaban J connectivity index is 1.22. The molecule has 0 N–H and O–H groups in total. The third-order valence-electron chi connectivity index (χ3n) is 6.09. The number of tetrazole rings is 1. The lowest BCUT2D eigenvalue weighted by molar-refractivity contribution is -0.274. The van der Waals surface area contributed by atoms with Crippen LogP contribution in [0.1, 0.15) is 16.9 Å². The zero-order valence-electron chi connectivity index (χ0n) is 17.9. The van der Waals surface area contributed by atoms with Gasteiger partial charge >= 0.3 is 6.36 Å². The second-order valence-electron chi connectivity index (χ2n) is 8.14. The molecule has 1 aliphatic carbocycles. The third kappa shape index (κ3) is 3.79. The van der Waals surface area contributed by atoms with Crippen molar-refractivity contribution >= 4 is 33.3 Å². The van der Waals surface area contributed by atoms with E-state index in [1.54, 1.807) is 23.7 Å². The van der Waals surface area contributed by atoms with Gasteiger partial charge in [0, 0.05) is 37.1 Å². The van der Waals surface area contributed by atoms with Crippen molar-refractivity contribution in [1.82, 2.24) is 30.2 Å². The fourth-order valence-corrected chi connectivity index (χ4v) is 5.85. The van der Waals surface area contributed by atoms with Crippen LogP contribution in [0, 0.1) is 0 Å². The molecule has 0 atom stereocenters. The fourth-order valence-electron chi connectivity index (χ4n) is 4.63. The summed E-state index contributed by atoms with van der Waals surface area (Å²) in [6.07, 6.45) is 0.222. The number of alkyl halides is 3. The second kappa shape index (κ2) is 8.08. The Labute approximate surface area is 195 Å². The van der Waals surface area contributed by atoms with Crippen LogP contribution in [0.15, 0.2) is 30.6 Å². The maximum absolute atomic E-state index is 12.6. The van der Waals surface area contributed by atoms with E-state index >= 15 is 0 Å². The smallest absolute Gasteiger partial charge is 0.406 e. The Morgan fingerprint density at radius 1 is 1.00 bits per heavy atom. The number of ether oxygens (including phenoxy) is 1. The first-order chi connectivity index (χ1) is 16.5. The normalized spacial score (nSPS) is 16.3. The molecule has 13 heteroatoms. The highest BCUT2D eigenvalue weighted by Crippen LogP contribution is 2.40. The summed E-state index contributed by atoms with van der Waals surface area (Å²) in [5.41, 5.74) is 1.78. The van der Waals surface area contributed by atoms with Crippen molar-refractivity contribution < 1.29 is 17.9 Å². The minimum absolute atomic E-state index is 0.327. The lowest BCUT2D eigenvalue weighted by atomic mass is 10.1. The lowest BCUT2D eigenvalue weighted by Gasteiger charge is -2.35. The fraction of sp³-hybridized carbons (Fsp3) is 0.381. The van der Waals surface area contributed by atoms with Gasteiger partial charge in [0.05, 0.1) is 11.1 Å². The maximum atomic E-state index is 12.6. The van der Waals surface area contributed by atoms with Crippen LogP contribution in [0.25, 0.3) is 15.9 Å². The van der Waals surface area contributed by atoms with Crippen LogP contribution < -0.4 is 14.5 Å². The quantitative estimate of drug-likeness (QED) is 0.432. The number of piperazine rings is 1. The van der Waals surface area contributed by atoms with E-state index < -0.39 is 6.36 Å². The average molecular weight is 488 g/mol. The van der Waals surface area contributed by atoms with Gasteiger partial charge in [0.15, 0.2) is 0 Å². The topological polar surface area (TPSA) is 85.1 Å². The van der Waals surface area contributed by atoms with Crippen molar-refractivity contribution in [3.63, 3.8) is 0 Å². The molecule has 0 radical (unpaired) electrons. The van der Waals surface area contributed by atoms with Crippen LogP contribution in [0.2, 0.25) is 0 Å². The van der Waals surface area contributed by atoms with Crippen LogP contribution >= 0.6 is 11.3 Å². The van der Waals surface area contributed by atoms with Gasteiger partial charge in [0.1, 0.15) is 22.7 Å². The summed E-state index contributed by atoms with van der Waals surface area (Å²) in [4.78, 5) is 15.9. The number of aromatic nitrogens is 6. The summed E-state index contributed by atoms with van der Waals surface area (Å²) in [5.74, 6) is 1.11. The van der Waals surface area contributed by atoms with Gasteiger partial charge in [0.25, 0.3) is 0 Å². The van der Waals surface area contributed by atoms with E-state index in [-0.39, 0.29) is 5.75 Å². The summed E-state index contributed by atoms with van der Waals surface area (Å²) in [6, 6.07) is 5.61. The summed E-state index contributed by atoms with van der Waals surface area (Å²) in [6.45, 7) is 2.69. The molecule has 9 nitrogen and oxygen atoms in total. The molecule has 1 aliphatic heterocycles. The zero-order chi connectivity index (χ0) is 23.3. The first-order valence-electron chi connectivity index (χ1n) is 10.9. The van der Waals surface area contributed by atoms with Crippen LogP contribution in [0.5, 0.6) is 5.75 Å². The lowest BCUT2D eigenvalue weighted by Crippen LogP contribution is -2.47. The molecule has 4 heterocycles. The van der Waals surface area contributed by atoms with E-state index in [0.29, 0.717) is 37.8 Å². The predicted molar refractivity (Wildman–Crippen MR) is 120 cm³/mol. The highest BCUT2D eigenvalue weighted by atomic mass is 32.1. The van der Waals surface area contributed by atoms with Crippen LogP contribution in [-0.2, 0) is 12.8 Å². The van der Waals surface area contributed by atoms with E-state index in [1.165, 1.54) is 45.1 Å². The number of fused-ring (bicyclic) bond motifs is 3. The molecule has 6 rings (SSSR count).